The molecule has 8 nitrogen and oxygen atoms in total. The maximum absolute atomic E-state index is 14.2. The summed E-state index contributed by atoms with van der Waals surface area (Å²) in [6, 6.07) is 12.9. The number of carbonyl (C=O) groups is 3. The zero-order valence-corrected chi connectivity index (χ0v) is 19.6. The van der Waals surface area contributed by atoms with Crippen molar-refractivity contribution in [1.82, 2.24) is 5.01 Å². The van der Waals surface area contributed by atoms with Gasteiger partial charge in [0, 0.05) is 18.8 Å². The first-order valence-electron chi connectivity index (χ1n) is 11.9. The molecule has 0 N–H and O–H groups in total. The number of nitrogens with zero attached hydrogens (tertiary/aromatic N) is 2. The lowest BCUT2D eigenvalue weighted by Crippen LogP contribution is -2.59. The van der Waals surface area contributed by atoms with Gasteiger partial charge in [0.2, 0.25) is 5.41 Å². The molecule has 0 bridgehead atoms. The minimum Gasteiger partial charge on any atom is -0.497 e. The first-order chi connectivity index (χ1) is 16.9. The van der Waals surface area contributed by atoms with Crippen LogP contribution < -0.4 is 4.74 Å². The smallest absolute Gasteiger partial charge is 0.330 e. The molecular formula is C27H26N2O6. The molecule has 2 saturated heterocycles. The number of hydrazone groups is 1. The Morgan fingerprint density at radius 3 is 2.31 bits per heavy atom. The predicted octanol–water partition coefficient (Wildman–Crippen LogP) is 3.50. The van der Waals surface area contributed by atoms with E-state index in [0.29, 0.717) is 24.2 Å². The number of ketones is 1. The Hall–Kier alpha value is -3.68. The Labute approximate surface area is 202 Å². The van der Waals surface area contributed by atoms with Gasteiger partial charge < -0.3 is 14.2 Å². The van der Waals surface area contributed by atoms with Gasteiger partial charge in [-0.15, -0.1) is 0 Å². The fourth-order valence-corrected chi connectivity index (χ4v) is 6.36. The number of benzene rings is 2. The molecule has 6 rings (SSSR count). The third-order valence-corrected chi connectivity index (χ3v) is 7.90. The summed E-state index contributed by atoms with van der Waals surface area (Å²) in [5, 5.41) is 6.21. The van der Waals surface area contributed by atoms with Gasteiger partial charge in [-0.25, -0.2) is 0 Å². The van der Waals surface area contributed by atoms with E-state index in [1.807, 2.05) is 24.3 Å². The number of ether oxygens (including phenoxy) is 3. The third-order valence-electron chi connectivity index (χ3n) is 7.90. The van der Waals surface area contributed by atoms with E-state index in [1.54, 1.807) is 42.6 Å². The fraction of sp³-hybridized carbons (Fsp3) is 0.407. The van der Waals surface area contributed by atoms with Crippen LogP contribution in [0, 0.1) is 5.41 Å². The van der Waals surface area contributed by atoms with E-state index in [9.17, 15) is 14.4 Å². The van der Waals surface area contributed by atoms with Crippen molar-refractivity contribution in [1.29, 1.82) is 0 Å². The van der Waals surface area contributed by atoms with Crippen LogP contribution in [-0.2, 0) is 23.9 Å². The van der Waals surface area contributed by atoms with Crippen molar-refractivity contribution in [2.45, 2.75) is 56.4 Å². The van der Waals surface area contributed by atoms with E-state index in [2.05, 4.69) is 5.10 Å². The second-order valence-electron chi connectivity index (χ2n) is 9.73. The normalized spacial score (nSPS) is 27.4. The molecule has 35 heavy (non-hydrogen) atoms. The number of rotatable bonds is 3. The quantitative estimate of drug-likeness (QED) is 0.496. The number of carbonyl (C=O) groups excluding carboxylic acids is 3. The molecule has 0 aromatic heterocycles. The highest BCUT2D eigenvalue weighted by atomic mass is 16.7. The highest BCUT2D eigenvalue weighted by Gasteiger charge is 2.75. The Morgan fingerprint density at radius 1 is 1.03 bits per heavy atom. The van der Waals surface area contributed by atoms with Crippen molar-refractivity contribution in [2.75, 3.05) is 7.11 Å². The van der Waals surface area contributed by atoms with Gasteiger partial charge in [-0.05, 0) is 48.6 Å². The molecule has 3 aliphatic heterocycles. The first kappa shape index (κ1) is 21.8. The van der Waals surface area contributed by atoms with E-state index >= 15 is 0 Å². The first-order valence-corrected chi connectivity index (χ1v) is 11.9. The maximum Gasteiger partial charge on any atom is 0.330 e. The van der Waals surface area contributed by atoms with Gasteiger partial charge in [-0.3, -0.25) is 19.4 Å². The summed E-state index contributed by atoms with van der Waals surface area (Å²) in [7, 11) is 1.56. The molecule has 3 atom stereocenters. The monoisotopic (exact) mass is 474 g/mol. The molecule has 1 saturated carbocycles. The largest absolute Gasteiger partial charge is 0.497 e. The van der Waals surface area contributed by atoms with Crippen LogP contribution in [0.1, 0.15) is 61.3 Å². The van der Waals surface area contributed by atoms with E-state index in [4.69, 9.17) is 14.2 Å². The number of fused-ring (bicyclic) bond motifs is 4. The van der Waals surface area contributed by atoms with Gasteiger partial charge in [-0.2, -0.15) is 5.10 Å². The van der Waals surface area contributed by atoms with Gasteiger partial charge in [0.15, 0.2) is 5.78 Å². The number of Topliss-reactive ketones (excluding diaryl/α,β-unsaturated/α-hetero) is 1. The number of esters is 2. The molecule has 3 fully saturated rings. The van der Waals surface area contributed by atoms with E-state index < -0.39 is 41.1 Å². The summed E-state index contributed by atoms with van der Waals surface area (Å²) in [5.74, 6) is -2.96. The lowest BCUT2D eigenvalue weighted by atomic mass is 9.65. The number of hydrogen-bond donors (Lipinski definition) is 0. The Kier molecular flexibility index (Phi) is 4.78. The van der Waals surface area contributed by atoms with Crippen molar-refractivity contribution >= 4 is 23.9 Å². The van der Waals surface area contributed by atoms with Gasteiger partial charge in [0.1, 0.15) is 17.8 Å². The van der Waals surface area contributed by atoms with Crippen LogP contribution in [0.5, 0.6) is 5.75 Å². The molecule has 2 aromatic carbocycles. The third kappa shape index (κ3) is 2.92. The summed E-state index contributed by atoms with van der Waals surface area (Å²) in [6.45, 7) is 1.46. The molecule has 2 spiro atoms. The molecule has 180 valence electrons. The summed E-state index contributed by atoms with van der Waals surface area (Å²) < 4.78 is 17.4. The summed E-state index contributed by atoms with van der Waals surface area (Å²) in [4.78, 5) is 41.5. The van der Waals surface area contributed by atoms with Crippen molar-refractivity contribution in [3.63, 3.8) is 0 Å². The SMILES string of the molecule is COc1ccc([C@H]2[C@@H](C(C)=O)N3N=Cc4ccccc4[C@@H]3C23C(=O)OC2(CCCC2)OC3=O)cc1. The average molecular weight is 475 g/mol. The lowest BCUT2D eigenvalue weighted by molar-refractivity contribution is -0.263. The minimum absolute atomic E-state index is 0.203. The molecule has 3 heterocycles. The van der Waals surface area contributed by atoms with Crippen LogP contribution in [0.3, 0.4) is 0 Å². The Balaban J connectivity index is 1.60. The lowest BCUT2D eigenvalue weighted by Gasteiger charge is -2.45. The van der Waals surface area contributed by atoms with Gasteiger partial charge in [-0.1, -0.05) is 36.4 Å². The van der Waals surface area contributed by atoms with Crippen molar-refractivity contribution in [3.8, 4) is 5.75 Å². The molecule has 0 unspecified atom stereocenters. The molecule has 0 radical (unpaired) electrons. The van der Waals surface area contributed by atoms with Crippen LogP contribution in [-0.4, -0.2) is 47.9 Å². The number of methoxy groups -OCH3 is 1. The predicted molar refractivity (Wildman–Crippen MR) is 125 cm³/mol. The highest BCUT2D eigenvalue weighted by Crippen LogP contribution is 2.63. The van der Waals surface area contributed by atoms with Crippen molar-refractivity contribution < 1.29 is 28.6 Å². The average Bonchev–Trinajstić information content (AvgIpc) is 3.44. The van der Waals surface area contributed by atoms with E-state index in [1.165, 1.54) is 6.92 Å². The van der Waals surface area contributed by atoms with Crippen LogP contribution in [0.25, 0.3) is 0 Å². The molecule has 2 aromatic rings. The minimum atomic E-state index is -1.80. The second-order valence-corrected chi connectivity index (χ2v) is 9.73. The van der Waals surface area contributed by atoms with Gasteiger partial charge >= 0.3 is 11.9 Å². The van der Waals surface area contributed by atoms with Crippen LogP contribution in [0.4, 0.5) is 0 Å². The maximum atomic E-state index is 14.2. The van der Waals surface area contributed by atoms with Crippen LogP contribution in [0.2, 0.25) is 0 Å². The molecule has 1 aliphatic carbocycles. The summed E-state index contributed by atoms with van der Waals surface area (Å²) >= 11 is 0. The van der Waals surface area contributed by atoms with Gasteiger partial charge in [0.25, 0.3) is 5.79 Å². The standard InChI is InChI=1S/C27H26N2O6/c1-16(30)22-21(17-9-11-19(33-2)12-10-17)27(23-20-8-4-3-7-18(20)15-28-29(22)23)24(31)34-26(35-25(27)32)13-5-6-14-26/h3-4,7-12,15,21-23H,5-6,13-14H2,1-2H3/t21-,22+,23+/m0/s1. The summed E-state index contributed by atoms with van der Waals surface area (Å²) in [5.41, 5.74) is 0.366. The Bertz CT molecular complexity index is 1230. The fourth-order valence-electron chi connectivity index (χ4n) is 6.36. The molecule has 4 aliphatic rings. The Morgan fingerprint density at radius 2 is 1.69 bits per heavy atom. The highest BCUT2D eigenvalue weighted by molar-refractivity contribution is 6.07. The van der Waals surface area contributed by atoms with Gasteiger partial charge in [0.05, 0.1) is 13.3 Å². The van der Waals surface area contributed by atoms with Crippen LogP contribution in [0.15, 0.2) is 53.6 Å². The zero-order valence-electron chi connectivity index (χ0n) is 19.6. The topological polar surface area (TPSA) is 94.5 Å². The molecular weight excluding hydrogens is 448 g/mol. The van der Waals surface area contributed by atoms with Crippen LogP contribution >= 0.6 is 0 Å². The summed E-state index contributed by atoms with van der Waals surface area (Å²) in [6.07, 6.45) is 4.26. The van der Waals surface area contributed by atoms with Crippen molar-refractivity contribution in [3.05, 3.63) is 65.2 Å². The second kappa shape index (κ2) is 7.66. The number of hydrogen-bond acceptors (Lipinski definition) is 8. The molecule has 0 amide bonds. The van der Waals surface area contributed by atoms with E-state index in [-0.39, 0.29) is 5.78 Å². The van der Waals surface area contributed by atoms with Crippen molar-refractivity contribution in [2.24, 2.45) is 10.5 Å². The van der Waals surface area contributed by atoms with E-state index in [0.717, 1.165) is 24.0 Å². The zero-order chi connectivity index (χ0) is 24.4. The molecule has 8 heteroatoms.